The van der Waals surface area contributed by atoms with Crippen LogP contribution in [0, 0.1) is 35.8 Å². The van der Waals surface area contributed by atoms with E-state index in [1.54, 1.807) is 6.07 Å². The fourth-order valence-corrected chi connectivity index (χ4v) is 4.33. The highest BCUT2D eigenvalue weighted by Gasteiger charge is 2.72. The van der Waals surface area contributed by atoms with Crippen LogP contribution in [0.5, 0.6) is 23.0 Å². The van der Waals surface area contributed by atoms with Crippen LogP contribution in [0.15, 0.2) is 84.9 Å². The van der Waals surface area contributed by atoms with Gasteiger partial charge in [0.15, 0.2) is 11.4 Å². The molecule has 4 aromatic rings. The Morgan fingerprint density at radius 2 is 0.953 bits per heavy atom. The minimum absolute atomic E-state index is 0.0237. The molecule has 0 radical (unpaired) electrons. The highest BCUT2D eigenvalue weighted by molar-refractivity contribution is 5.72. The van der Waals surface area contributed by atoms with Gasteiger partial charge in [0.25, 0.3) is 0 Å². The molecule has 0 atom stereocenters. The maximum atomic E-state index is 14.6. The average Bonchev–Trinajstić information content (AvgIpc) is 2.97. The topological polar surface area (TPSA) is 74.8 Å². The van der Waals surface area contributed by atoms with E-state index in [9.17, 15) is 26.3 Å². The summed E-state index contributed by atoms with van der Waals surface area (Å²) in [6, 6.07) is 17.7. The molecule has 0 heterocycles. The molecule has 0 N–H and O–H groups in total. The molecule has 12 heteroatoms. The summed E-state index contributed by atoms with van der Waals surface area (Å²) >= 11 is 0. The van der Waals surface area contributed by atoms with Crippen LogP contribution in [0.3, 0.4) is 0 Å². The molecule has 4 aromatic carbocycles. The number of benzene rings is 4. The van der Waals surface area contributed by atoms with Gasteiger partial charge < -0.3 is 9.47 Å². The molecule has 0 spiro atoms. The number of ether oxygens (including phenoxy) is 2. The molecule has 0 aliphatic rings. The first-order valence-electron chi connectivity index (χ1n) is 11.9. The van der Waals surface area contributed by atoms with Crippen LogP contribution in [-0.2, 0) is 5.41 Å². The number of hydrogen-bond acceptors (Lipinski definition) is 4. The normalized spacial score (nSPS) is 11.4. The van der Waals surface area contributed by atoms with Crippen LogP contribution in [0.2, 0.25) is 0 Å². The molecule has 0 saturated heterocycles. The van der Waals surface area contributed by atoms with Crippen molar-refractivity contribution in [3.63, 3.8) is 0 Å². The summed E-state index contributed by atoms with van der Waals surface area (Å²) in [5.41, 5.74) is -6.61. The quantitative estimate of drug-likeness (QED) is 0.166. The lowest BCUT2D eigenvalue weighted by Gasteiger charge is -2.38. The lowest BCUT2D eigenvalue weighted by atomic mass is 9.73. The number of halogens is 6. The van der Waals surface area contributed by atoms with Gasteiger partial charge in [0, 0.05) is 0 Å². The molecule has 212 valence electrons. The Hall–Kier alpha value is -5.98. The highest BCUT2D eigenvalue weighted by atomic mass is 19.4. The van der Waals surface area contributed by atoms with Gasteiger partial charge in [0.2, 0.25) is 5.41 Å². The Bertz CT molecular complexity index is 1700. The largest absolute Gasteiger partial charge is 0.459 e. The molecule has 0 fully saturated rings. The van der Waals surface area contributed by atoms with Gasteiger partial charge in [0.1, 0.15) is 35.1 Å². The van der Waals surface area contributed by atoms with E-state index in [4.69, 9.17) is 33.1 Å². The summed E-state index contributed by atoms with van der Waals surface area (Å²) in [4.78, 5) is 6.37. The van der Waals surface area contributed by atoms with Crippen molar-refractivity contribution in [3.8, 4) is 35.1 Å². The number of hydrogen-bond donors (Lipinski definition) is 0. The van der Waals surface area contributed by atoms with Crippen LogP contribution in [0.4, 0.5) is 37.7 Å². The van der Waals surface area contributed by atoms with Gasteiger partial charge in [-0.15, -0.1) is 0 Å². The summed E-state index contributed by atoms with van der Waals surface area (Å²) in [7, 11) is 0. The van der Waals surface area contributed by atoms with Crippen LogP contribution in [0.25, 0.3) is 9.69 Å². The zero-order valence-corrected chi connectivity index (χ0v) is 21.5. The van der Waals surface area contributed by atoms with E-state index in [1.807, 2.05) is 6.07 Å². The summed E-state index contributed by atoms with van der Waals surface area (Å²) in [5, 5.41) is 18.2. The van der Waals surface area contributed by atoms with Gasteiger partial charge in [-0.3, -0.25) is 4.85 Å². The van der Waals surface area contributed by atoms with Gasteiger partial charge in [0.05, 0.1) is 24.3 Å². The minimum atomic E-state index is -5.83. The van der Waals surface area contributed by atoms with Crippen molar-refractivity contribution in [1.82, 2.24) is 0 Å². The molecule has 4 rings (SSSR count). The SMILES string of the molecule is [C-]#[N+]c1ccc(Oc2ccc(C(c3ccc(Oc4ccc(C#N)c(C#N)c4)cc3)(C(F)(F)F)C(F)(F)F)cc2)cc1[N+]#[C-]. The van der Waals surface area contributed by atoms with Gasteiger partial charge in [-0.1, -0.05) is 30.3 Å². The molecule has 6 nitrogen and oxygen atoms in total. The van der Waals surface area contributed by atoms with E-state index in [1.165, 1.54) is 36.4 Å². The van der Waals surface area contributed by atoms with Gasteiger partial charge in [-0.25, -0.2) is 4.85 Å². The van der Waals surface area contributed by atoms with Crippen molar-refractivity contribution < 1.29 is 35.8 Å². The second kappa shape index (κ2) is 11.5. The number of nitriles is 2. The van der Waals surface area contributed by atoms with Crippen molar-refractivity contribution in [3.05, 3.63) is 130 Å². The third kappa shape index (κ3) is 5.63. The maximum Gasteiger partial charge on any atom is 0.411 e. The predicted octanol–water partition coefficient (Wildman–Crippen LogP) is 9.53. The molecular weight excluding hydrogens is 574 g/mol. The Labute approximate surface area is 240 Å². The molecule has 43 heavy (non-hydrogen) atoms. The Morgan fingerprint density at radius 3 is 1.37 bits per heavy atom. The monoisotopic (exact) mass is 588 g/mol. The second-order valence-electron chi connectivity index (χ2n) is 8.80. The fraction of sp³-hybridized carbons (Fsp3) is 0.0968. The van der Waals surface area contributed by atoms with Crippen LogP contribution >= 0.6 is 0 Å². The van der Waals surface area contributed by atoms with E-state index in [0.717, 1.165) is 24.3 Å². The molecule has 0 bridgehead atoms. The van der Waals surface area contributed by atoms with Gasteiger partial charge in [-0.2, -0.15) is 36.9 Å². The molecule has 0 amide bonds. The number of rotatable bonds is 6. The fourth-order valence-electron chi connectivity index (χ4n) is 4.33. The summed E-state index contributed by atoms with van der Waals surface area (Å²) in [6.45, 7) is 14.2. The van der Waals surface area contributed by atoms with Crippen LogP contribution < -0.4 is 9.47 Å². The Kier molecular flexibility index (Phi) is 8.01. The zero-order valence-electron chi connectivity index (χ0n) is 21.5. The van der Waals surface area contributed by atoms with Crippen molar-refractivity contribution in [2.24, 2.45) is 0 Å². The Balaban J connectivity index is 1.71. The number of alkyl halides is 6. The third-order valence-electron chi connectivity index (χ3n) is 6.32. The van der Waals surface area contributed by atoms with E-state index in [-0.39, 0.29) is 45.5 Å². The van der Waals surface area contributed by atoms with E-state index in [2.05, 4.69) is 9.69 Å². The smallest absolute Gasteiger partial charge is 0.411 e. The second-order valence-corrected chi connectivity index (χ2v) is 8.80. The molecule has 0 aliphatic heterocycles. The minimum Gasteiger partial charge on any atom is -0.459 e. The highest BCUT2D eigenvalue weighted by Crippen LogP contribution is 2.56. The lowest BCUT2D eigenvalue weighted by molar-refractivity contribution is -0.288. The third-order valence-corrected chi connectivity index (χ3v) is 6.32. The van der Waals surface area contributed by atoms with Crippen molar-refractivity contribution >= 4 is 11.4 Å². The summed E-state index contributed by atoms with van der Waals surface area (Å²) in [5.74, 6) is -0.105. The van der Waals surface area contributed by atoms with E-state index in [0.29, 0.717) is 24.3 Å². The van der Waals surface area contributed by atoms with Gasteiger partial charge in [-0.05, 0) is 65.7 Å². The number of nitrogens with zero attached hydrogens (tertiary/aromatic N) is 4. The first-order chi connectivity index (χ1) is 20.4. The predicted molar refractivity (Wildman–Crippen MR) is 141 cm³/mol. The Morgan fingerprint density at radius 1 is 0.535 bits per heavy atom. The van der Waals surface area contributed by atoms with E-state index >= 15 is 0 Å². The molecule has 0 unspecified atom stereocenters. The lowest BCUT2D eigenvalue weighted by Crippen LogP contribution is -2.54. The first kappa shape index (κ1) is 30.0. The molecule has 0 saturated carbocycles. The first-order valence-corrected chi connectivity index (χ1v) is 11.9. The average molecular weight is 588 g/mol. The standard InChI is InChI=1S/C31H14F6N4O2/c1-40-27-14-13-26(16-28(27)41-2)43-24-11-6-22(7-12-24)29(30(32,33)34,31(35,36)37)21-4-9-23(10-5-21)42-25-8-3-19(17-38)20(15-25)18-39/h3-16H. The molecule has 0 aliphatic carbocycles. The van der Waals surface area contributed by atoms with Crippen molar-refractivity contribution in [2.75, 3.05) is 0 Å². The van der Waals surface area contributed by atoms with Crippen LogP contribution in [-0.4, -0.2) is 12.4 Å². The maximum absolute atomic E-state index is 14.6. The molecular formula is C31H14F6N4O2. The van der Waals surface area contributed by atoms with Gasteiger partial charge >= 0.3 is 12.4 Å². The van der Waals surface area contributed by atoms with E-state index < -0.39 is 28.9 Å². The molecule has 0 aromatic heterocycles. The van der Waals surface area contributed by atoms with Crippen molar-refractivity contribution in [2.45, 2.75) is 17.8 Å². The summed E-state index contributed by atoms with van der Waals surface area (Å²) < 4.78 is 98.3. The van der Waals surface area contributed by atoms with Crippen molar-refractivity contribution in [1.29, 1.82) is 10.5 Å². The summed E-state index contributed by atoms with van der Waals surface area (Å²) in [6.07, 6.45) is -11.7. The van der Waals surface area contributed by atoms with Crippen LogP contribution in [0.1, 0.15) is 22.3 Å². The zero-order chi connectivity index (χ0) is 31.4.